The van der Waals surface area contributed by atoms with E-state index in [1.165, 1.54) is 12.1 Å². The van der Waals surface area contributed by atoms with Crippen LogP contribution in [0, 0.1) is 12.7 Å². The lowest BCUT2D eigenvalue weighted by molar-refractivity contribution is 0.0752. The Hall–Kier alpha value is -3.78. The molecule has 2 aromatic carbocycles. The molecule has 7 nitrogen and oxygen atoms in total. The maximum Gasteiger partial charge on any atom is 0.278 e. The van der Waals surface area contributed by atoms with E-state index in [9.17, 15) is 14.0 Å². The Morgan fingerprint density at radius 3 is 2.46 bits per heavy atom. The summed E-state index contributed by atoms with van der Waals surface area (Å²) in [5, 5.41) is 4.66. The Labute approximate surface area is 203 Å². The van der Waals surface area contributed by atoms with Gasteiger partial charge in [0.05, 0.1) is 6.54 Å². The molecule has 182 valence electrons. The van der Waals surface area contributed by atoms with Crippen LogP contribution < -0.4 is 11.3 Å². The third-order valence-electron chi connectivity index (χ3n) is 6.03. The molecule has 0 radical (unpaired) electrons. The zero-order chi connectivity index (χ0) is 24.8. The Bertz CT molecular complexity index is 1340. The van der Waals surface area contributed by atoms with Crippen LogP contribution in [-0.4, -0.2) is 44.6 Å². The van der Waals surface area contributed by atoms with Crippen molar-refractivity contribution in [2.45, 2.75) is 32.7 Å². The second-order valence-electron chi connectivity index (χ2n) is 8.68. The fraction of sp³-hybridized carbons (Fsp3) is 0.296. The van der Waals surface area contributed by atoms with Crippen LogP contribution in [-0.2, 0) is 13.0 Å². The van der Waals surface area contributed by atoms with Crippen LogP contribution in [0.4, 0.5) is 4.39 Å². The van der Waals surface area contributed by atoms with E-state index in [0.29, 0.717) is 62.3 Å². The molecular weight excluding hydrogens is 445 g/mol. The van der Waals surface area contributed by atoms with E-state index in [1.807, 2.05) is 36.1 Å². The van der Waals surface area contributed by atoms with Gasteiger partial charge in [-0.15, -0.1) is 0 Å². The zero-order valence-corrected chi connectivity index (χ0v) is 19.9. The van der Waals surface area contributed by atoms with Crippen LogP contribution >= 0.6 is 0 Å². The lowest BCUT2D eigenvalue weighted by Crippen LogP contribution is -2.34. The van der Waals surface area contributed by atoms with Crippen LogP contribution in [0.3, 0.4) is 0 Å². The highest BCUT2D eigenvalue weighted by molar-refractivity contribution is 5.94. The molecule has 0 atom stereocenters. The highest BCUT2D eigenvalue weighted by atomic mass is 19.1. The number of nitrogens with zero attached hydrogens (tertiary/aromatic N) is 4. The summed E-state index contributed by atoms with van der Waals surface area (Å²) in [4.78, 5) is 28.1. The summed E-state index contributed by atoms with van der Waals surface area (Å²) >= 11 is 0. The van der Waals surface area contributed by atoms with Gasteiger partial charge in [-0.3, -0.25) is 14.2 Å². The maximum atomic E-state index is 13.4. The third kappa shape index (κ3) is 5.84. The van der Waals surface area contributed by atoms with Gasteiger partial charge in [-0.1, -0.05) is 29.8 Å². The average molecular weight is 476 g/mol. The molecule has 0 aliphatic heterocycles. The number of aryl methyl sites for hydroxylation is 2. The quantitative estimate of drug-likeness (QED) is 0.381. The fourth-order valence-electron chi connectivity index (χ4n) is 4.09. The van der Waals surface area contributed by atoms with Crippen LogP contribution in [0.5, 0.6) is 0 Å². The van der Waals surface area contributed by atoms with Gasteiger partial charge in [0, 0.05) is 31.3 Å². The first kappa shape index (κ1) is 24.3. The minimum atomic E-state index is -0.322. The molecule has 0 bridgehead atoms. The van der Waals surface area contributed by atoms with Crippen LogP contribution in [0.2, 0.25) is 0 Å². The molecule has 4 rings (SSSR count). The van der Waals surface area contributed by atoms with Crippen molar-refractivity contribution in [3.8, 4) is 0 Å². The van der Waals surface area contributed by atoms with Crippen molar-refractivity contribution >= 4 is 11.4 Å². The minimum absolute atomic E-state index is 0.0315. The predicted octanol–water partition coefficient (Wildman–Crippen LogP) is 3.42. The summed E-state index contributed by atoms with van der Waals surface area (Å²) in [5.41, 5.74) is 8.59. The molecule has 0 unspecified atom stereocenters. The third-order valence-corrected chi connectivity index (χ3v) is 6.03. The summed E-state index contributed by atoms with van der Waals surface area (Å²) in [7, 11) is 0. The monoisotopic (exact) mass is 475 g/mol. The van der Waals surface area contributed by atoms with Gasteiger partial charge in [-0.05, 0) is 68.3 Å². The molecule has 2 N–H and O–H groups in total. The average Bonchev–Trinajstić information content (AvgIpc) is 3.33. The molecule has 2 aromatic heterocycles. The van der Waals surface area contributed by atoms with Crippen LogP contribution in [0.25, 0.3) is 5.52 Å². The first-order valence-electron chi connectivity index (χ1n) is 11.8. The Morgan fingerprint density at radius 2 is 1.74 bits per heavy atom. The molecule has 35 heavy (non-hydrogen) atoms. The van der Waals surface area contributed by atoms with Crippen molar-refractivity contribution in [1.82, 2.24) is 19.1 Å². The Kier molecular flexibility index (Phi) is 7.72. The summed E-state index contributed by atoms with van der Waals surface area (Å²) in [5.74, 6) is 0.262. The van der Waals surface area contributed by atoms with Crippen LogP contribution in [0.1, 0.15) is 40.2 Å². The van der Waals surface area contributed by atoms with E-state index < -0.39 is 0 Å². The predicted molar refractivity (Wildman–Crippen MR) is 134 cm³/mol. The van der Waals surface area contributed by atoms with E-state index in [-0.39, 0.29) is 17.3 Å². The number of amides is 1. The number of carbonyl (C=O) groups is 1. The van der Waals surface area contributed by atoms with Crippen molar-refractivity contribution in [3.63, 3.8) is 0 Å². The first-order chi connectivity index (χ1) is 17.0. The van der Waals surface area contributed by atoms with E-state index in [4.69, 9.17) is 5.73 Å². The van der Waals surface area contributed by atoms with Gasteiger partial charge >= 0.3 is 0 Å². The zero-order valence-electron chi connectivity index (χ0n) is 19.9. The van der Waals surface area contributed by atoms with Crippen LogP contribution in [0.15, 0.2) is 71.7 Å². The molecular formula is C27H30FN5O2. The highest BCUT2D eigenvalue weighted by Gasteiger charge is 2.17. The first-order valence-corrected chi connectivity index (χ1v) is 11.8. The molecule has 8 heteroatoms. The van der Waals surface area contributed by atoms with Crippen molar-refractivity contribution < 1.29 is 9.18 Å². The van der Waals surface area contributed by atoms with Gasteiger partial charge < -0.3 is 10.6 Å². The molecule has 4 aromatic rings. The van der Waals surface area contributed by atoms with Crippen molar-refractivity contribution in [2.75, 3.05) is 19.6 Å². The summed E-state index contributed by atoms with van der Waals surface area (Å²) in [6, 6.07) is 17.2. The van der Waals surface area contributed by atoms with Gasteiger partial charge in [-0.2, -0.15) is 5.10 Å². The van der Waals surface area contributed by atoms with Crippen molar-refractivity contribution in [2.24, 2.45) is 5.73 Å². The molecule has 0 saturated heterocycles. The van der Waals surface area contributed by atoms with E-state index in [0.717, 1.165) is 11.1 Å². The fourth-order valence-corrected chi connectivity index (χ4v) is 4.09. The SMILES string of the molecule is Cc1ccc(C(=O)N(CCCN)CCCc2nn3cccc3c(=O)n2Cc2ccc(F)cc2)cc1. The van der Waals surface area contributed by atoms with E-state index >= 15 is 0 Å². The molecule has 0 saturated carbocycles. The molecule has 0 fully saturated rings. The van der Waals surface area contributed by atoms with Gasteiger partial charge in [0.1, 0.15) is 17.2 Å². The summed E-state index contributed by atoms with van der Waals surface area (Å²) in [6.45, 7) is 3.86. The van der Waals surface area contributed by atoms with E-state index in [2.05, 4.69) is 5.10 Å². The second kappa shape index (κ2) is 11.1. The van der Waals surface area contributed by atoms with Gasteiger partial charge in [-0.25, -0.2) is 8.91 Å². The number of hydrogen-bond acceptors (Lipinski definition) is 4. The van der Waals surface area contributed by atoms with Crippen molar-refractivity contribution in [1.29, 1.82) is 0 Å². The van der Waals surface area contributed by atoms with Crippen molar-refractivity contribution in [3.05, 3.63) is 106 Å². The number of fused-ring (bicyclic) bond motifs is 1. The molecule has 0 aliphatic rings. The number of hydrogen-bond donors (Lipinski definition) is 1. The standard InChI is InChI=1S/C27H30FN5O2/c1-20-7-11-22(12-8-20)26(34)31(17-4-15-29)16-3-6-25-30-33-18-2-5-24(33)27(35)32(25)19-21-9-13-23(28)14-10-21/h2,5,7-14,18H,3-4,6,15-17,19,29H2,1H3. The van der Waals surface area contributed by atoms with Gasteiger partial charge in [0.15, 0.2) is 0 Å². The summed E-state index contributed by atoms with van der Waals surface area (Å²) in [6.07, 6.45) is 3.59. The Morgan fingerprint density at radius 1 is 1.03 bits per heavy atom. The maximum absolute atomic E-state index is 13.4. The Balaban J connectivity index is 1.54. The molecule has 0 spiro atoms. The topological polar surface area (TPSA) is 85.6 Å². The molecule has 0 aliphatic carbocycles. The molecule has 2 heterocycles. The second-order valence-corrected chi connectivity index (χ2v) is 8.68. The largest absolute Gasteiger partial charge is 0.339 e. The summed E-state index contributed by atoms with van der Waals surface area (Å²) < 4.78 is 16.6. The lowest BCUT2D eigenvalue weighted by atomic mass is 10.1. The number of rotatable bonds is 10. The van der Waals surface area contributed by atoms with Gasteiger partial charge in [0.2, 0.25) is 0 Å². The van der Waals surface area contributed by atoms with E-state index in [1.54, 1.807) is 39.5 Å². The number of benzene rings is 2. The minimum Gasteiger partial charge on any atom is -0.339 e. The number of carbonyl (C=O) groups excluding carboxylic acids is 1. The number of nitrogens with two attached hydrogens (primary N) is 1. The van der Waals surface area contributed by atoms with Gasteiger partial charge in [0.25, 0.3) is 11.5 Å². The molecule has 1 amide bonds. The lowest BCUT2D eigenvalue weighted by Gasteiger charge is -2.23. The number of halogens is 1. The number of aromatic nitrogens is 3. The normalized spacial score (nSPS) is 11.2. The highest BCUT2D eigenvalue weighted by Crippen LogP contribution is 2.11. The smallest absolute Gasteiger partial charge is 0.278 e.